The molecule has 33 heavy (non-hydrogen) atoms. The number of primary amides is 1. The summed E-state index contributed by atoms with van der Waals surface area (Å²) in [6.07, 6.45) is 7.19. The normalized spacial score (nSPS) is 17.2. The average Bonchev–Trinajstić information content (AvgIpc) is 3.38. The Labute approximate surface area is 196 Å². The van der Waals surface area contributed by atoms with Crippen LogP contribution in [0.25, 0.3) is 0 Å². The minimum Gasteiger partial charge on any atom is -0.372 e. The molecule has 2 amide bonds. The molecule has 1 saturated heterocycles. The zero-order valence-electron chi connectivity index (χ0n) is 19.7. The number of hydrogen-bond donors (Lipinski definition) is 3. The summed E-state index contributed by atoms with van der Waals surface area (Å²) >= 11 is 0. The Balaban J connectivity index is 1.52. The molecule has 0 radical (unpaired) electrons. The molecule has 1 aromatic carbocycles. The Morgan fingerprint density at radius 2 is 1.70 bits per heavy atom. The molecule has 7 heteroatoms. The van der Waals surface area contributed by atoms with Crippen molar-refractivity contribution in [3.8, 4) is 0 Å². The van der Waals surface area contributed by atoms with Crippen molar-refractivity contribution in [3.63, 3.8) is 0 Å². The van der Waals surface area contributed by atoms with E-state index >= 15 is 0 Å². The van der Waals surface area contributed by atoms with Crippen molar-refractivity contribution in [1.29, 1.82) is 0 Å². The van der Waals surface area contributed by atoms with Crippen LogP contribution in [-0.4, -0.2) is 41.8 Å². The summed E-state index contributed by atoms with van der Waals surface area (Å²) < 4.78 is 0. The van der Waals surface area contributed by atoms with Crippen LogP contribution in [0.15, 0.2) is 30.3 Å². The van der Waals surface area contributed by atoms with Gasteiger partial charge in [0.05, 0.1) is 5.56 Å². The molecule has 7 nitrogen and oxygen atoms in total. The average molecular weight is 450 g/mol. The molecule has 2 aliphatic rings. The van der Waals surface area contributed by atoms with Crippen molar-refractivity contribution in [2.24, 2.45) is 5.73 Å². The fraction of sp³-hybridized carbons (Fsp3) is 0.500. The van der Waals surface area contributed by atoms with E-state index in [0.717, 1.165) is 55.8 Å². The maximum Gasteiger partial charge on any atom is 0.252 e. The second-order valence-corrected chi connectivity index (χ2v) is 9.17. The fourth-order valence-electron chi connectivity index (χ4n) is 5.22. The SMILES string of the molecule is CCC(=O)N1CCC(c2ccc(Nc3nc(NC)c(C(N)=O)cc3C3CCCC3)cc2)CC1. The van der Waals surface area contributed by atoms with Crippen molar-refractivity contribution in [2.45, 2.75) is 63.7 Å². The summed E-state index contributed by atoms with van der Waals surface area (Å²) in [7, 11) is 1.75. The zero-order valence-corrected chi connectivity index (χ0v) is 19.7. The second-order valence-electron chi connectivity index (χ2n) is 9.17. The lowest BCUT2D eigenvalue weighted by molar-refractivity contribution is -0.131. The first-order valence-corrected chi connectivity index (χ1v) is 12.2. The van der Waals surface area contributed by atoms with Crippen LogP contribution >= 0.6 is 0 Å². The number of hydrogen-bond acceptors (Lipinski definition) is 5. The third kappa shape index (κ3) is 5.13. The quantitative estimate of drug-likeness (QED) is 0.567. The number of benzene rings is 1. The molecular weight excluding hydrogens is 414 g/mol. The predicted molar refractivity (Wildman–Crippen MR) is 132 cm³/mol. The third-order valence-electron chi connectivity index (χ3n) is 7.14. The summed E-state index contributed by atoms with van der Waals surface area (Å²) in [5.41, 5.74) is 9.41. The molecule has 0 spiro atoms. The first-order valence-electron chi connectivity index (χ1n) is 12.2. The molecular formula is C26H35N5O2. The standard InChI is InChI=1S/C26H35N5O2/c1-3-23(32)31-14-12-18(13-15-31)17-8-10-20(11-9-17)29-26-21(19-6-4-5-7-19)16-22(24(27)33)25(28-2)30-26/h8-11,16,18-19H,3-7,12-15H2,1-2H3,(H2,27,33)(H2,28,29,30). The topological polar surface area (TPSA) is 100 Å². The number of nitrogens with two attached hydrogens (primary N) is 1. The molecule has 1 saturated carbocycles. The van der Waals surface area contributed by atoms with Gasteiger partial charge in [0.2, 0.25) is 5.91 Å². The van der Waals surface area contributed by atoms with Gasteiger partial charge in [0.25, 0.3) is 5.91 Å². The van der Waals surface area contributed by atoms with E-state index in [9.17, 15) is 9.59 Å². The molecule has 2 fully saturated rings. The molecule has 1 aromatic heterocycles. The van der Waals surface area contributed by atoms with Gasteiger partial charge in [-0.3, -0.25) is 9.59 Å². The highest BCUT2D eigenvalue weighted by atomic mass is 16.2. The van der Waals surface area contributed by atoms with Gasteiger partial charge in [-0.25, -0.2) is 4.98 Å². The lowest BCUT2D eigenvalue weighted by Gasteiger charge is -2.32. The van der Waals surface area contributed by atoms with E-state index < -0.39 is 5.91 Å². The molecule has 0 unspecified atom stereocenters. The van der Waals surface area contributed by atoms with Crippen LogP contribution in [-0.2, 0) is 4.79 Å². The van der Waals surface area contributed by atoms with Gasteiger partial charge in [-0.1, -0.05) is 31.9 Å². The number of carbonyl (C=O) groups is 2. The fourth-order valence-corrected chi connectivity index (χ4v) is 5.22. The molecule has 0 atom stereocenters. The highest BCUT2D eigenvalue weighted by Crippen LogP contribution is 2.39. The summed E-state index contributed by atoms with van der Waals surface area (Å²) in [4.78, 5) is 30.6. The van der Waals surface area contributed by atoms with Gasteiger partial charge < -0.3 is 21.3 Å². The predicted octanol–water partition coefficient (Wildman–Crippen LogP) is 4.74. The van der Waals surface area contributed by atoms with E-state index in [2.05, 4.69) is 34.9 Å². The Bertz CT molecular complexity index is 990. The molecule has 2 heterocycles. The van der Waals surface area contributed by atoms with Crippen LogP contribution in [0.3, 0.4) is 0 Å². The summed E-state index contributed by atoms with van der Waals surface area (Å²) in [5, 5.41) is 6.50. The van der Waals surface area contributed by atoms with E-state index in [1.807, 2.05) is 17.9 Å². The van der Waals surface area contributed by atoms with Crippen molar-refractivity contribution >= 4 is 29.1 Å². The van der Waals surface area contributed by atoms with Crippen molar-refractivity contribution in [3.05, 3.63) is 47.0 Å². The van der Waals surface area contributed by atoms with Crippen molar-refractivity contribution in [1.82, 2.24) is 9.88 Å². The number of carbonyl (C=O) groups excluding carboxylic acids is 2. The van der Waals surface area contributed by atoms with Gasteiger partial charge in [-0.2, -0.15) is 0 Å². The van der Waals surface area contributed by atoms with E-state index in [1.165, 1.54) is 18.4 Å². The molecule has 4 N–H and O–H groups in total. The molecule has 1 aliphatic heterocycles. The number of anilines is 3. The summed E-state index contributed by atoms with van der Waals surface area (Å²) in [6, 6.07) is 10.5. The van der Waals surface area contributed by atoms with Crippen LogP contribution in [0.4, 0.5) is 17.3 Å². The Morgan fingerprint density at radius 1 is 1.03 bits per heavy atom. The minimum absolute atomic E-state index is 0.252. The largest absolute Gasteiger partial charge is 0.372 e. The Hall–Kier alpha value is -3.09. The van der Waals surface area contributed by atoms with Crippen LogP contribution < -0.4 is 16.4 Å². The number of likely N-dealkylation sites (tertiary alicyclic amines) is 1. The summed E-state index contributed by atoms with van der Waals surface area (Å²) in [5.74, 6) is 1.94. The minimum atomic E-state index is -0.464. The van der Waals surface area contributed by atoms with Gasteiger partial charge in [-0.05, 0) is 66.8 Å². The Kier molecular flexibility index (Phi) is 7.16. The number of aromatic nitrogens is 1. The van der Waals surface area contributed by atoms with Crippen LogP contribution in [0, 0.1) is 0 Å². The third-order valence-corrected chi connectivity index (χ3v) is 7.14. The maximum atomic E-state index is 12.0. The van der Waals surface area contributed by atoms with Crippen molar-refractivity contribution < 1.29 is 9.59 Å². The van der Waals surface area contributed by atoms with Crippen LogP contribution in [0.5, 0.6) is 0 Å². The van der Waals surface area contributed by atoms with Gasteiger partial charge in [0.1, 0.15) is 11.6 Å². The number of nitrogens with one attached hydrogen (secondary N) is 2. The van der Waals surface area contributed by atoms with Gasteiger partial charge in [0.15, 0.2) is 0 Å². The molecule has 176 valence electrons. The van der Waals surface area contributed by atoms with E-state index in [-0.39, 0.29) is 5.91 Å². The number of pyridine rings is 1. The van der Waals surface area contributed by atoms with Crippen LogP contribution in [0.1, 0.15) is 85.2 Å². The Morgan fingerprint density at radius 3 is 2.27 bits per heavy atom. The zero-order chi connectivity index (χ0) is 23.4. The lowest BCUT2D eigenvalue weighted by Crippen LogP contribution is -2.37. The van der Waals surface area contributed by atoms with E-state index in [4.69, 9.17) is 10.7 Å². The van der Waals surface area contributed by atoms with E-state index in [1.54, 1.807) is 7.05 Å². The number of piperidine rings is 1. The number of amides is 2. The van der Waals surface area contributed by atoms with Crippen LogP contribution in [0.2, 0.25) is 0 Å². The lowest BCUT2D eigenvalue weighted by atomic mass is 9.89. The smallest absolute Gasteiger partial charge is 0.252 e. The molecule has 2 aromatic rings. The molecule has 4 rings (SSSR count). The van der Waals surface area contributed by atoms with Gasteiger partial charge >= 0.3 is 0 Å². The number of nitrogens with zero attached hydrogens (tertiary/aromatic N) is 2. The second kappa shape index (κ2) is 10.2. The first kappa shape index (κ1) is 23.1. The highest BCUT2D eigenvalue weighted by Gasteiger charge is 2.25. The van der Waals surface area contributed by atoms with Gasteiger partial charge in [-0.15, -0.1) is 0 Å². The van der Waals surface area contributed by atoms with Crippen molar-refractivity contribution in [2.75, 3.05) is 30.8 Å². The monoisotopic (exact) mass is 449 g/mol. The van der Waals surface area contributed by atoms with Gasteiger partial charge in [0, 0.05) is 32.2 Å². The summed E-state index contributed by atoms with van der Waals surface area (Å²) in [6.45, 7) is 3.60. The van der Waals surface area contributed by atoms with E-state index in [0.29, 0.717) is 29.6 Å². The number of rotatable bonds is 7. The molecule has 0 bridgehead atoms. The first-order chi connectivity index (χ1) is 16.0. The highest BCUT2D eigenvalue weighted by molar-refractivity contribution is 5.98. The molecule has 1 aliphatic carbocycles. The maximum absolute atomic E-state index is 12.0.